The maximum Gasteiger partial charge on any atom is 0.191 e. The van der Waals surface area contributed by atoms with Gasteiger partial charge in [0.2, 0.25) is 0 Å². The van der Waals surface area contributed by atoms with Crippen LogP contribution in [-0.4, -0.2) is 30.3 Å². The zero-order valence-corrected chi connectivity index (χ0v) is 15.8. The predicted molar refractivity (Wildman–Crippen MR) is 113 cm³/mol. The first kappa shape index (κ1) is 18.3. The third-order valence-corrected chi connectivity index (χ3v) is 5.07. The van der Waals surface area contributed by atoms with Gasteiger partial charge in [-0.2, -0.15) is 11.8 Å². The van der Waals surface area contributed by atoms with Gasteiger partial charge < -0.3 is 10.6 Å². The Hall–Kier alpha value is -2.53. The lowest BCUT2D eigenvalue weighted by molar-refractivity contribution is 0.813. The van der Waals surface area contributed by atoms with Crippen LogP contribution in [0.5, 0.6) is 0 Å². The molecule has 1 heterocycles. The minimum atomic E-state index is 0.670. The van der Waals surface area contributed by atoms with Gasteiger partial charge in [0.15, 0.2) is 5.96 Å². The largest absolute Gasteiger partial charge is 0.356 e. The van der Waals surface area contributed by atoms with Crippen LogP contribution in [0.1, 0.15) is 11.3 Å². The number of fused-ring (bicyclic) bond motifs is 1. The van der Waals surface area contributed by atoms with Crippen molar-refractivity contribution >= 4 is 28.5 Å². The minimum absolute atomic E-state index is 0.670. The molecule has 0 aliphatic rings. The van der Waals surface area contributed by atoms with Crippen LogP contribution in [0.15, 0.2) is 71.9 Å². The number of thioether (sulfide) groups is 1. The van der Waals surface area contributed by atoms with Gasteiger partial charge >= 0.3 is 0 Å². The molecule has 0 bridgehead atoms. The number of pyridine rings is 1. The molecule has 0 radical (unpaired) electrons. The summed E-state index contributed by atoms with van der Waals surface area (Å²) < 4.78 is 0. The standard InChI is InChI=1S/C21H24N4S/c1-22-21(25-15-19-10-4-5-12-23-19)24-13-14-26-16-18-9-6-8-17-7-2-3-11-20(17)18/h2-12H,13-16H2,1H3,(H2,22,24,25). The topological polar surface area (TPSA) is 49.3 Å². The first-order valence-corrected chi connectivity index (χ1v) is 9.91. The van der Waals surface area contributed by atoms with Crippen molar-refractivity contribution in [2.75, 3.05) is 19.3 Å². The van der Waals surface area contributed by atoms with Crippen molar-refractivity contribution in [3.63, 3.8) is 0 Å². The Morgan fingerprint density at radius 1 is 1.00 bits per heavy atom. The van der Waals surface area contributed by atoms with Gasteiger partial charge in [-0.25, -0.2) is 0 Å². The Bertz CT molecular complexity index is 844. The van der Waals surface area contributed by atoms with Gasteiger partial charge in [0.25, 0.3) is 0 Å². The lowest BCUT2D eigenvalue weighted by Gasteiger charge is -2.11. The molecule has 3 rings (SSSR count). The third-order valence-electron chi connectivity index (χ3n) is 4.06. The van der Waals surface area contributed by atoms with Crippen LogP contribution in [0.25, 0.3) is 10.8 Å². The van der Waals surface area contributed by atoms with E-state index in [1.807, 2.05) is 30.0 Å². The molecule has 3 aromatic rings. The van der Waals surface area contributed by atoms with Gasteiger partial charge in [-0.3, -0.25) is 9.98 Å². The SMILES string of the molecule is CN=C(NCCSCc1cccc2ccccc12)NCc1ccccn1. The molecule has 0 aliphatic heterocycles. The molecule has 0 aliphatic carbocycles. The summed E-state index contributed by atoms with van der Waals surface area (Å²) in [6.45, 7) is 1.54. The molecular weight excluding hydrogens is 340 g/mol. The van der Waals surface area contributed by atoms with Crippen LogP contribution in [0.2, 0.25) is 0 Å². The highest BCUT2D eigenvalue weighted by Crippen LogP contribution is 2.22. The molecule has 5 heteroatoms. The van der Waals surface area contributed by atoms with Crippen LogP contribution in [0.3, 0.4) is 0 Å². The summed E-state index contributed by atoms with van der Waals surface area (Å²) in [6.07, 6.45) is 1.80. The van der Waals surface area contributed by atoms with E-state index in [2.05, 4.69) is 63.1 Å². The normalized spacial score (nSPS) is 11.5. The smallest absolute Gasteiger partial charge is 0.191 e. The second-order valence-corrected chi connectivity index (χ2v) is 6.97. The Morgan fingerprint density at radius 2 is 1.85 bits per heavy atom. The van der Waals surface area contributed by atoms with Gasteiger partial charge in [-0.1, -0.05) is 48.5 Å². The molecule has 0 unspecified atom stereocenters. The molecule has 0 spiro atoms. The predicted octanol–water partition coefficient (Wildman–Crippen LogP) is 3.83. The summed E-state index contributed by atoms with van der Waals surface area (Å²) >= 11 is 1.93. The molecule has 1 aromatic heterocycles. The van der Waals surface area contributed by atoms with Crippen molar-refractivity contribution in [2.45, 2.75) is 12.3 Å². The zero-order chi connectivity index (χ0) is 18.0. The summed E-state index contributed by atoms with van der Waals surface area (Å²) in [7, 11) is 1.79. The highest BCUT2D eigenvalue weighted by Gasteiger charge is 2.01. The fraction of sp³-hybridized carbons (Fsp3) is 0.238. The molecule has 0 amide bonds. The number of guanidine groups is 1. The van der Waals surface area contributed by atoms with Gasteiger partial charge in [0.1, 0.15) is 0 Å². The Balaban J connectivity index is 1.40. The highest BCUT2D eigenvalue weighted by molar-refractivity contribution is 7.98. The Kier molecular flexibility index (Phi) is 6.90. The first-order chi connectivity index (χ1) is 12.9. The molecule has 0 atom stereocenters. The molecule has 4 nitrogen and oxygen atoms in total. The van der Waals surface area contributed by atoms with Crippen molar-refractivity contribution in [2.24, 2.45) is 4.99 Å². The van der Waals surface area contributed by atoms with E-state index in [1.165, 1.54) is 16.3 Å². The maximum atomic E-state index is 4.30. The molecule has 0 fully saturated rings. The van der Waals surface area contributed by atoms with E-state index in [0.717, 1.165) is 29.7 Å². The number of aliphatic imine (C=N–C) groups is 1. The number of benzene rings is 2. The quantitative estimate of drug-likeness (QED) is 0.380. The van der Waals surface area contributed by atoms with Crippen LogP contribution >= 0.6 is 11.8 Å². The number of nitrogens with zero attached hydrogens (tertiary/aromatic N) is 2. The van der Waals surface area contributed by atoms with E-state index >= 15 is 0 Å². The molecular formula is C21H24N4S. The molecule has 0 saturated heterocycles. The number of hydrogen-bond acceptors (Lipinski definition) is 3. The van der Waals surface area contributed by atoms with Crippen LogP contribution in [0, 0.1) is 0 Å². The second-order valence-electron chi connectivity index (χ2n) is 5.86. The number of hydrogen-bond donors (Lipinski definition) is 2. The monoisotopic (exact) mass is 364 g/mol. The van der Waals surface area contributed by atoms with Gasteiger partial charge in [0.05, 0.1) is 12.2 Å². The van der Waals surface area contributed by atoms with E-state index in [0.29, 0.717) is 6.54 Å². The van der Waals surface area contributed by atoms with E-state index in [-0.39, 0.29) is 0 Å². The van der Waals surface area contributed by atoms with Gasteiger partial charge in [0, 0.05) is 31.3 Å². The van der Waals surface area contributed by atoms with Gasteiger partial charge in [-0.15, -0.1) is 0 Å². The average molecular weight is 365 g/mol. The molecule has 0 saturated carbocycles. The summed E-state index contributed by atoms with van der Waals surface area (Å²) in [5.74, 6) is 2.85. The lowest BCUT2D eigenvalue weighted by atomic mass is 10.1. The Labute approximate surface area is 159 Å². The summed E-state index contributed by atoms with van der Waals surface area (Å²) in [5.41, 5.74) is 2.39. The fourth-order valence-corrected chi connectivity index (χ4v) is 3.60. The molecule has 134 valence electrons. The van der Waals surface area contributed by atoms with E-state index in [4.69, 9.17) is 0 Å². The van der Waals surface area contributed by atoms with Crippen molar-refractivity contribution < 1.29 is 0 Å². The Morgan fingerprint density at radius 3 is 2.69 bits per heavy atom. The third kappa shape index (κ3) is 5.23. The summed E-state index contributed by atoms with van der Waals surface area (Å²) in [6, 6.07) is 21.0. The molecule has 2 aromatic carbocycles. The number of aromatic nitrogens is 1. The number of rotatable bonds is 7. The highest BCUT2D eigenvalue weighted by atomic mass is 32.2. The van der Waals surface area contributed by atoms with Crippen molar-refractivity contribution in [1.29, 1.82) is 0 Å². The fourth-order valence-electron chi connectivity index (χ4n) is 2.74. The first-order valence-electron chi connectivity index (χ1n) is 8.75. The number of nitrogens with one attached hydrogen (secondary N) is 2. The molecule has 26 heavy (non-hydrogen) atoms. The maximum absolute atomic E-state index is 4.30. The van der Waals surface area contributed by atoms with Crippen molar-refractivity contribution in [1.82, 2.24) is 15.6 Å². The average Bonchev–Trinajstić information content (AvgIpc) is 2.71. The minimum Gasteiger partial charge on any atom is -0.356 e. The lowest BCUT2D eigenvalue weighted by Crippen LogP contribution is -2.38. The summed E-state index contributed by atoms with van der Waals surface area (Å²) in [5, 5.41) is 9.30. The van der Waals surface area contributed by atoms with Gasteiger partial charge in [-0.05, 0) is 28.5 Å². The van der Waals surface area contributed by atoms with E-state index in [9.17, 15) is 0 Å². The van der Waals surface area contributed by atoms with Crippen LogP contribution < -0.4 is 10.6 Å². The summed E-state index contributed by atoms with van der Waals surface area (Å²) in [4.78, 5) is 8.56. The van der Waals surface area contributed by atoms with Crippen molar-refractivity contribution in [3.8, 4) is 0 Å². The second kappa shape index (κ2) is 9.82. The molecule has 2 N–H and O–H groups in total. The van der Waals surface area contributed by atoms with E-state index < -0.39 is 0 Å². The van der Waals surface area contributed by atoms with Crippen LogP contribution in [-0.2, 0) is 12.3 Å². The van der Waals surface area contributed by atoms with Crippen LogP contribution in [0.4, 0.5) is 0 Å². The zero-order valence-electron chi connectivity index (χ0n) is 15.0. The van der Waals surface area contributed by atoms with Crippen molar-refractivity contribution in [3.05, 3.63) is 78.1 Å². The van der Waals surface area contributed by atoms with E-state index in [1.54, 1.807) is 13.2 Å².